The number of hydrogen-bond donors (Lipinski definition) is 0. The minimum Gasteiger partial charge on any atom is -0.484 e. The first kappa shape index (κ1) is 18.1. The number of fused-ring (bicyclic) bond motifs is 1. The molecule has 5 heteroatoms. The molecule has 0 spiro atoms. The van der Waals surface area contributed by atoms with Crippen LogP contribution in [0.3, 0.4) is 0 Å². The molecule has 0 bridgehead atoms. The number of terminal acetylenes is 1. The van der Waals surface area contributed by atoms with E-state index in [9.17, 15) is 0 Å². The molecule has 3 rings (SSSR count). The number of thiophene rings is 1. The number of nitrogens with zero attached hydrogens (tertiary/aromatic N) is 3. The van der Waals surface area contributed by atoms with E-state index in [1.165, 1.54) is 10.2 Å². The van der Waals surface area contributed by atoms with Crippen molar-refractivity contribution in [1.29, 1.82) is 0 Å². The Labute approximate surface area is 158 Å². The Kier molecular flexibility index (Phi) is 5.65. The monoisotopic (exact) mass is 365 g/mol. The summed E-state index contributed by atoms with van der Waals surface area (Å²) < 4.78 is 11.4. The molecule has 0 saturated heterocycles. The molecule has 0 saturated carbocycles. The highest BCUT2D eigenvalue weighted by Crippen LogP contribution is 2.30. The predicted octanol–water partition coefficient (Wildman–Crippen LogP) is 4.78. The summed E-state index contributed by atoms with van der Waals surface area (Å²) in [6.45, 7) is 5.25. The maximum atomic E-state index is 5.73. The minimum absolute atomic E-state index is 0.499. The molecule has 0 aliphatic rings. The van der Waals surface area contributed by atoms with E-state index in [1.54, 1.807) is 17.4 Å². The largest absolute Gasteiger partial charge is 0.484 e. The number of aromatic nitrogens is 3. The number of ether oxygens (including phenoxy) is 1. The molecule has 134 valence electrons. The summed E-state index contributed by atoms with van der Waals surface area (Å²) in [5.74, 6) is 4.08. The van der Waals surface area contributed by atoms with E-state index in [4.69, 9.17) is 16.1 Å². The molecule has 0 N–H and O–H groups in total. The second-order valence-electron chi connectivity index (χ2n) is 5.91. The van der Waals surface area contributed by atoms with Crippen molar-refractivity contribution in [2.75, 3.05) is 6.61 Å². The van der Waals surface area contributed by atoms with Gasteiger partial charge in [0.2, 0.25) is 0 Å². The van der Waals surface area contributed by atoms with Gasteiger partial charge in [0.25, 0.3) is 0 Å². The number of allylic oxidation sites excluding steroid dienone is 4. The molecule has 0 aromatic carbocycles. The number of aryl methyl sites for hydroxylation is 2. The summed E-state index contributed by atoms with van der Waals surface area (Å²) in [7, 11) is 2.09. The highest BCUT2D eigenvalue weighted by molar-refractivity contribution is 7.17. The molecule has 3 aromatic heterocycles. The van der Waals surface area contributed by atoms with E-state index in [0.29, 0.717) is 18.9 Å². The van der Waals surface area contributed by atoms with Gasteiger partial charge < -0.3 is 13.9 Å². The van der Waals surface area contributed by atoms with E-state index in [1.807, 2.05) is 19.1 Å². The summed E-state index contributed by atoms with van der Waals surface area (Å²) in [4.78, 5) is 4.83. The topological polar surface area (TPSA) is 32.0 Å². The average Bonchev–Trinajstić information content (AvgIpc) is 3.34. The molecule has 0 aliphatic heterocycles. The molecule has 3 aromatic rings. The van der Waals surface area contributed by atoms with E-state index in [2.05, 4.69) is 52.7 Å². The van der Waals surface area contributed by atoms with Crippen LogP contribution in [0.15, 0.2) is 47.7 Å². The Balaban J connectivity index is 1.84. The highest BCUT2D eigenvalue weighted by atomic mass is 32.1. The van der Waals surface area contributed by atoms with Crippen molar-refractivity contribution in [3.63, 3.8) is 0 Å². The van der Waals surface area contributed by atoms with Gasteiger partial charge in [-0.1, -0.05) is 19.1 Å². The van der Waals surface area contributed by atoms with Gasteiger partial charge >= 0.3 is 0 Å². The Morgan fingerprint density at radius 3 is 3.00 bits per heavy atom. The SMILES string of the molecule is C#C/C(=C\C=C/C)OCCn1cc(CC)nc1-c1cc2sccc2n1C. The molecule has 0 amide bonds. The molecule has 0 unspecified atom stereocenters. The highest BCUT2D eigenvalue weighted by Gasteiger charge is 2.15. The Bertz CT molecular complexity index is 994. The van der Waals surface area contributed by atoms with Gasteiger partial charge in [-0.05, 0) is 42.9 Å². The van der Waals surface area contributed by atoms with Crippen LogP contribution in [-0.4, -0.2) is 20.7 Å². The van der Waals surface area contributed by atoms with Crippen LogP contribution in [0.5, 0.6) is 0 Å². The summed E-state index contributed by atoms with van der Waals surface area (Å²) in [5.41, 5.74) is 3.43. The van der Waals surface area contributed by atoms with Crippen molar-refractivity contribution in [3.8, 4) is 23.9 Å². The van der Waals surface area contributed by atoms with Crippen LogP contribution in [0, 0.1) is 12.3 Å². The molecular formula is C21H23N3OS. The lowest BCUT2D eigenvalue weighted by Gasteiger charge is -2.10. The molecule has 4 nitrogen and oxygen atoms in total. The van der Waals surface area contributed by atoms with Gasteiger partial charge in [0.05, 0.1) is 28.1 Å². The van der Waals surface area contributed by atoms with Gasteiger partial charge in [0.15, 0.2) is 11.6 Å². The first-order chi connectivity index (χ1) is 12.7. The maximum Gasteiger partial charge on any atom is 0.169 e. The first-order valence-corrected chi connectivity index (χ1v) is 9.57. The lowest BCUT2D eigenvalue weighted by atomic mass is 10.4. The average molecular weight is 366 g/mol. The fraction of sp³-hybridized carbons (Fsp3) is 0.286. The first-order valence-electron chi connectivity index (χ1n) is 8.69. The van der Waals surface area contributed by atoms with Gasteiger partial charge in [-0.2, -0.15) is 0 Å². The van der Waals surface area contributed by atoms with Crippen LogP contribution in [0.4, 0.5) is 0 Å². The molecule has 0 aliphatic carbocycles. The molecule has 3 heterocycles. The van der Waals surface area contributed by atoms with E-state index in [0.717, 1.165) is 23.6 Å². The Morgan fingerprint density at radius 2 is 2.31 bits per heavy atom. The van der Waals surface area contributed by atoms with Crippen molar-refractivity contribution in [2.45, 2.75) is 26.8 Å². The smallest absolute Gasteiger partial charge is 0.169 e. The second-order valence-corrected chi connectivity index (χ2v) is 6.86. The molecule has 0 atom stereocenters. The lowest BCUT2D eigenvalue weighted by Crippen LogP contribution is -2.07. The summed E-state index contributed by atoms with van der Waals surface area (Å²) in [5, 5.41) is 2.12. The zero-order valence-corrected chi connectivity index (χ0v) is 16.2. The second kappa shape index (κ2) is 8.11. The third-order valence-electron chi connectivity index (χ3n) is 4.25. The fourth-order valence-electron chi connectivity index (χ4n) is 2.86. The predicted molar refractivity (Wildman–Crippen MR) is 109 cm³/mol. The van der Waals surface area contributed by atoms with Gasteiger partial charge in [0.1, 0.15) is 6.61 Å². The van der Waals surface area contributed by atoms with Gasteiger partial charge in [0, 0.05) is 13.2 Å². The van der Waals surface area contributed by atoms with Crippen molar-refractivity contribution >= 4 is 21.6 Å². The van der Waals surface area contributed by atoms with Crippen LogP contribution in [0.2, 0.25) is 0 Å². The van der Waals surface area contributed by atoms with Crippen LogP contribution in [0.25, 0.3) is 21.7 Å². The zero-order valence-electron chi connectivity index (χ0n) is 15.4. The van der Waals surface area contributed by atoms with Crippen LogP contribution in [0.1, 0.15) is 19.5 Å². The Morgan fingerprint density at radius 1 is 1.46 bits per heavy atom. The van der Waals surface area contributed by atoms with Crippen molar-refractivity contribution in [1.82, 2.24) is 14.1 Å². The van der Waals surface area contributed by atoms with E-state index >= 15 is 0 Å². The van der Waals surface area contributed by atoms with Crippen molar-refractivity contribution in [2.24, 2.45) is 7.05 Å². The van der Waals surface area contributed by atoms with E-state index < -0.39 is 0 Å². The van der Waals surface area contributed by atoms with Crippen molar-refractivity contribution < 1.29 is 4.74 Å². The Hall–Kier alpha value is -2.71. The van der Waals surface area contributed by atoms with E-state index in [-0.39, 0.29) is 0 Å². The normalized spacial score (nSPS) is 12.2. The maximum absolute atomic E-state index is 5.73. The summed E-state index contributed by atoms with van der Waals surface area (Å²) in [6.07, 6.45) is 14.1. The van der Waals surface area contributed by atoms with Gasteiger partial charge in [-0.3, -0.25) is 0 Å². The zero-order chi connectivity index (χ0) is 18.5. The fourth-order valence-corrected chi connectivity index (χ4v) is 3.70. The standard InChI is InChI=1S/C21H23N3OS/c1-5-8-9-17(7-3)25-12-11-24-15-16(6-2)22-21(24)19-14-20-18(23(19)4)10-13-26-20/h3,5,8-10,13-15H,6,11-12H2,1-2,4H3/b8-5-,17-9+. The molecule has 26 heavy (non-hydrogen) atoms. The third kappa shape index (κ3) is 3.61. The lowest BCUT2D eigenvalue weighted by molar-refractivity contribution is 0.215. The molecular weight excluding hydrogens is 342 g/mol. The van der Waals surface area contributed by atoms with Crippen LogP contribution < -0.4 is 0 Å². The summed E-state index contributed by atoms with van der Waals surface area (Å²) >= 11 is 1.75. The number of imidazole rings is 1. The quantitative estimate of drug-likeness (QED) is 0.343. The van der Waals surface area contributed by atoms with Crippen LogP contribution in [-0.2, 0) is 24.8 Å². The summed E-state index contributed by atoms with van der Waals surface area (Å²) in [6, 6.07) is 4.35. The number of hydrogen-bond acceptors (Lipinski definition) is 3. The van der Waals surface area contributed by atoms with Gasteiger partial charge in [-0.25, -0.2) is 4.98 Å². The molecule has 0 fully saturated rings. The minimum atomic E-state index is 0.499. The molecule has 0 radical (unpaired) electrons. The number of rotatable bonds is 7. The van der Waals surface area contributed by atoms with Gasteiger partial charge in [-0.15, -0.1) is 17.8 Å². The van der Waals surface area contributed by atoms with Crippen LogP contribution >= 0.6 is 11.3 Å². The third-order valence-corrected chi connectivity index (χ3v) is 5.11. The van der Waals surface area contributed by atoms with Crippen molar-refractivity contribution in [3.05, 3.63) is 53.4 Å².